The van der Waals surface area contributed by atoms with Crippen molar-refractivity contribution in [2.45, 2.75) is 50.9 Å². The predicted molar refractivity (Wildman–Crippen MR) is 85.7 cm³/mol. The third-order valence-electron chi connectivity index (χ3n) is 4.44. The first kappa shape index (κ1) is 14.4. The summed E-state index contributed by atoms with van der Waals surface area (Å²) in [4.78, 5) is 4.32. The molecule has 21 heavy (non-hydrogen) atoms. The zero-order valence-electron chi connectivity index (χ0n) is 12.9. The Morgan fingerprint density at radius 2 is 2.29 bits per heavy atom. The molecule has 2 bridgehead atoms. The summed E-state index contributed by atoms with van der Waals surface area (Å²) in [5, 5.41) is 6.92. The Morgan fingerprint density at radius 1 is 1.38 bits per heavy atom. The van der Waals surface area contributed by atoms with Gasteiger partial charge in [0, 0.05) is 13.6 Å². The number of aryl methyl sites for hydroxylation is 1. The third kappa shape index (κ3) is 3.56. The van der Waals surface area contributed by atoms with Crippen molar-refractivity contribution < 1.29 is 4.74 Å². The lowest BCUT2D eigenvalue weighted by molar-refractivity contribution is 0.0992. The quantitative estimate of drug-likeness (QED) is 0.658. The lowest BCUT2D eigenvalue weighted by Gasteiger charge is -2.22. The minimum atomic E-state index is 0.380. The van der Waals surface area contributed by atoms with Crippen molar-refractivity contribution in [1.29, 1.82) is 0 Å². The maximum atomic E-state index is 5.87. The van der Waals surface area contributed by atoms with Crippen LogP contribution in [0.2, 0.25) is 0 Å². The molecule has 1 aromatic carbocycles. The molecular weight excluding hydrogens is 262 g/mol. The Morgan fingerprint density at radius 3 is 2.95 bits per heavy atom. The SMILES string of the molecule is CN=C(NCCc1cccc(C)c1)NC1CC2CCC1O2. The van der Waals surface area contributed by atoms with Crippen molar-refractivity contribution in [3.8, 4) is 0 Å². The second-order valence-corrected chi connectivity index (χ2v) is 6.10. The highest BCUT2D eigenvalue weighted by Gasteiger charge is 2.40. The van der Waals surface area contributed by atoms with E-state index in [-0.39, 0.29) is 0 Å². The summed E-state index contributed by atoms with van der Waals surface area (Å²) in [6.07, 6.45) is 5.38. The van der Waals surface area contributed by atoms with Crippen LogP contribution in [0.1, 0.15) is 30.4 Å². The Bertz CT molecular complexity index is 515. The molecule has 3 rings (SSSR count). The van der Waals surface area contributed by atoms with Gasteiger partial charge in [-0.3, -0.25) is 4.99 Å². The molecule has 0 amide bonds. The Hall–Kier alpha value is -1.55. The first-order valence-corrected chi connectivity index (χ1v) is 7.93. The fourth-order valence-corrected chi connectivity index (χ4v) is 3.35. The number of benzene rings is 1. The molecule has 3 atom stereocenters. The number of nitrogens with zero attached hydrogens (tertiary/aromatic N) is 1. The van der Waals surface area contributed by atoms with Crippen LogP contribution in [0, 0.1) is 6.92 Å². The van der Waals surface area contributed by atoms with E-state index in [2.05, 4.69) is 46.8 Å². The predicted octanol–water partition coefficient (Wildman–Crippen LogP) is 2.02. The van der Waals surface area contributed by atoms with Crippen LogP contribution in [-0.2, 0) is 11.2 Å². The van der Waals surface area contributed by atoms with Crippen LogP contribution in [0.3, 0.4) is 0 Å². The number of hydrogen-bond acceptors (Lipinski definition) is 2. The zero-order valence-corrected chi connectivity index (χ0v) is 12.9. The minimum absolute atomic E-state index is 0.380. The zero-order chi connectivity index (χ0) is 14.7. The van der Waals surface area contributed by atoms with Crippen molar-refractivity contribution in [3.63, 3.8) is 0 Å². The fraction of sp³-hybridized carbons (Fsp3) is 0.588. The van der Waals surface area contributed by atoms with Gasteiger partial charge in [-0.25, -0.2) is 0 Å². The smallest absolute Gasteiger partial charge is 0.191 e. The molecule has 4 heteroatoms. The molecule has 2 aliphatic rings. The van der Waals surface area contributed by atoms with E-state index in [0.717, 1.165) is 25.3 Å². The summed E-state index contributed by atoms with van der Waals surface area (Å²) < 4.78 is 5.87. The second kappa shape index (κ2) is 6.48. The summed E-state index contributed by atoms with van der Waals surface area (Å²) in [5.41, 5.74) is 2.68. The molecule has 2 aliphatic heterocycles. The van der Waals surface area contributed by atoms with Crippen molar-refractivity contribution in [2.75, 3.05) is 13.6 Å². The normalized spacial score (nSPS) is 27.9. The van der Waals surface area contributed by atoms with E-state index in [1.165, 1.54) is 24.0 Å². The summed E-state index contributed by atoms with van der Waals surface area (Å²) in [7, 11) is 1.83. The van der Waals surface area contributed by atoms with Gasteiger partial charge in [-0.15, -0.1) is 0 Å². The minimum Gasteiger partial charge on any atom is -0.373 e. The van der Waals surface area contributed by atoms with E-state index in [1.807, 2.05) is 7.05 Å². The van der Waals surface area contributed by atoms with E-state index in [1.54, 1.807) is 0 Å². The van der Waals surface area contributed by atoms with Crippen molar-refractivity contribution >= 4 is 5.96 Å². The fourth-order valence-electron chi connectivity index (χ4n) is 3.35. The molecule has 0 aliphatic carbocycles. The van der Waals surface area contributed by atoms with Crippen LogP contribution in [0.4, 0.5) is 0 Å². The van der Waals surface area contributed by atoms with E-state index < -0.39 is 0 Å². The van der Waals surface area contributed by atoms with Crippen LogP contribution < -0.4 is 10.6 Å². The van der Waals surface area contributed by atoms with Gasteiger partial charge < -0.3 is 15.4 Å². The number of guanidine groups is 1. The summed E-state index contributed by atoms with van der Waals surface area (Å²) in [6, 6.07) is 9.08. The standard InChI is InChI=1S/C17H25N3O/c1-12-4-3-5-13(10-12)8-9-19-17(18-2)20-15-11-14-6-7-16(15)21-14/h3-5,10,14-16H,6-9,11H2,1-2H3,(H2,18,19,20). The van der Waals surface area contributed by atoms with Gasteiger partial charge in [0.05, 0.1) is 18.2 Å². The van der Waals surface area contributed by atoms with Crippen LogP contribution in [-0.4, -0.2) is 37.8 Å². The Kier molecular flexibility index (Phi) is 4.44. The van der Waals surface area contributed by atoms with Crippen molar-refractivity contribution in [3.05, 3.63) is 35.4 Å². The third-order valence-corrected chi connectivity index (χ3v) is 4.44. The maximum Gasteiger partial charge on any atom is 0.191 e. The molecule has 0 aromatic heterocycles. The molecule has 0 spiro atoms. The Labute approximate surface area is 127 Å². The van der Waals surface area contributed by atoms with E-state index >= 15 is 0 Å². The number of nitrogens with one attached hydrogen (secondary N) is 2. The number of aliphatic imine (C=N–C) groups is 1. The molecule has 2 heterocycles. The highest BCUT2D eigenvalue weighted by atomic mass is 16.5. The van der Waals surface area contributed by atoms with Crippen LogP contribution in [0.15, 0.2) is 29.3 Å². The van der Waals surface area contributed by atoms with Crippen LogP contribution >= 0.6 is 0 Å². The lowest BCUT2D eigenvalue weighted by atomic mass is 9.96. The molecule has 2 fully saturated rings. The van der Waals surface area contributed by atoms with E-state index in [0.29, 0.717) is 18.2 Å². The molecule has 2 saturated heterocycles. The van der Waals surface area contributed by atoms with Crippen LogP contribution in [0.25, 0.3) is 0 Å². The molecule has 0 radical (unpaired) electrons. The van der Waals surface area contributed by atoms with Gasteiger partial charge >= 0.3 is 0 Å². The average molecular weight is 287 g/mol. The topological polar surface area (TPSA) is 45.7 Å². The molecular formula is C17H25N3O. The summed E-state index contributed by atoms with van der Waals surface area (Å²) in [5.74, 6) is 0.892. The number of rotatable bonds is 4. The molecule has 3 unspecified atom stereocenters. The molecule has 1 aromatic rings. The number of ether oxygens (including phenoxy) is 1. The summed E-state index contributed by atoms with van der Waals surface area (Å²) in [6.45, 7) is 3.03. The van der Waals surface area contributed by atoms with Gasteiger partial charge in [0.25, 0.3) is 0 Å². The first-order valence-electron chi connectivity index (χ1n) is 7.93. The second-order valence-electron chi connectivity index (χ2n) is 6.10. The average Bonchev–Trinajstić information content (AvgIpc) is 3.09. The highest BCUT2D eigenvalue weighted by molar-refractivity contribution is 5.80. The maximum absolute atomic E-state index is 5.87. The van der Waals surface area contributed by atoms with Gasteiger partial charge in [0.1, 0.15) is 0 Å². The van der Waals surface area contributed by atoms with Crippen LogP contribution in [0.5, 0.6) is 0 Å². The van der Waals surface area contributed by atoms with E-state index in [9.17, 15) is 0 Å². The van der Waals surface area contributed by atoms with Gasteiger partial charge in [-0.2, -0.15) is 0 Å². The van der Waals surface area contributed by atoms with Crippen molar-refractivity contribution in [2.24, 2.45) is 4.99 Å². The highest BCUT2D eigenvalue weighted by Crippen LogP contribution is 2.34. The largest absolute Gasteiger partial charge is 0.373 e. The van der Waals surface area contributed by atoms with Gasteiger partial charge in [-0.1, -0.05) is 29.8 Å². The number of hydrogen-bond donors (Lipinski definition) is 2. The molecule has 114 valence electrons. The van der Waals surface area contributed by atoms with Gasteiger partial charge in [0.15, 0.2) is 5.96 Å². The molecule has 0 saturated carbocycles. The lowest BCUT2D eigenvalue weighted by Crippen LogP contribution is -2.47. The Balaban J connectivity index is 1.45. The monoisotopic (exact) mass is 287 g/mol. The first-order chi connectivity index (χ1) is 10.2. The molecule has 2 N–H and O–H groups in total. The van der Waals surface area contributed by atoms with Gasteiger partial charge in [-0.05, 0) is 38.2 Å². The van der Waals surface area contributed by atoms with Gasteiger partial charge in [0.2, 0.25) is 0 Å². The van der Waals surface area contributed by atoms with Crippen molar-refractivity contribution in [1.82, 2.24) is 10.6 Å². The summed E-state index contributed by atoms with van der Waals surface area (Å²) >= 11 is 0. The number of fused-ring (bicyclic) bond motifs is 2. The molecule has 4 nitrogen and oxygen atoms in total. The van der Waals surface area contributed by atoms with E-state index in [4.69, 9.17) is 4.74 Å².